The highest BCUT2D eigenvalue weighted by molar-refractivity contribution is 8.27. The zero-order valence-corrected chi connectivity index (χ0v) is 17.2. The summed E-state index contributed by atoms with van der Waals surface area (Å²) < 4.78 is 0.713. The number of thioether (sulfide) groups is 2. The van der Waals surface area contributed by atoms with Crippen LogP contribution in [0.5, 0.6) is 0 Å². The highest BCUT2D eigenvalue weighted by atomic mass is 35.5. The minimum absolute atomic E-state index is 0.0850. The largest absolute Gasteiger partial charge is 0.334 e. The van der Waals surface area contributed by atoms with Gasteiger partial charge in [-0.2, -0.15) is 0 Å². The summed E-state index contributed by atoms with van der Waals surface area (Å²) in [6, 6.07) is 6.18. The van der Waals surface area contributed by atoms with Crippen LogP contribution in [0.2, 0.25) is 5.02 Å². The first kappa shape index (κ1) is 17.7. The first-order valence-corrected chi connectivity index (χ1v) is 11.1. The van der Waals surface area contributed by atoms with Gasteiger partial charge in [0.2, 0.25) is 0 Å². The van der Waals surface area contributed by atoms with E-state index in [4.69, 9.17) is 23.8 Å². The first-order chi connectivity index (χ1) is 12.1. The molecule has 1 saturated carbocycles. The molecule has 0 aromatic heterocycles. The number of thiocarbonyl (C=S) groups is 1. The van der Waals surface area contributed by atoms with Gasteiger partial charge in [-0.15, -0.1) is 0 Å². The zero-order valence-electron chi connectivity index (χ0n) is 14.0. The van der Waals surface area contributed by atoms with Gasteiger partial charge in [0.15, 0.2) is 0 Å². The second-order valence-electron chi connectivity index (χ2n) is 6.43. The smallest absolute Gasteiger partial charge is 0.269 e. The van der Waals surface area contributed by atoms with Crippen molar-refractivity contribution in [2.24, 2.45) is 0 Å². The van der Waals surface area contributed by atoms with Crippen molar-refractivity contribution in [3.05, 3.63) is 33.2 Å². The molecular formula is C18H19ClN2OS3. The van der Waals surface area contributed by atoms with Crippen molar-refractivity contribution < 1.29 is 4.79 Å². The van der Waals surface area contributed by atoms with E-state index in [-0.39, 0.29) is 11.9 Å². The van der Waals surface area contributed by atoms with Crippen LogP contribution in [0.15, 0.2) is 33.0 Å². The lowest BCUT2D eigenvalue weighted by atomic mass is 9.94. The Bertz CT molecular complexity index is 774. The van der Waals surface area contributed by atoms with E-state index >= 15 is 0 Å². The fraction of sp³-hybridized carbons (Fsp3) is 0.444. The number of halogens is 1. The Labute approximate surface area is 167 Å². The number of amides is 1. The molecule has 4 rings (SSSR count). The second-order valence-corrected chi connectivity index (χ2v) is 9.54. The van der Waals surface area contributed by atoms with Crippen molar-refractivity contribution in [3.8, 4) is 0 Å². The molecule has 1 aromatic carbocycles. The maximum atomic E-state index is 13.2. The summed E-state index contributed by atoms with van der Waals surface area (Å²) in [5, 5.41) is 1.71. The topological polar surface area (TPSA) is 23.6 Å². The molecule has 2 heterocycles. The standard InChI is InChI=1S/C18H19ClN2OS3/c1-2-20-13-10-11(19)8-9-14(13)24-17(20)15-16(22)21(18(23)25-15)12-6-4-3-5-7-12/h8-10,12H,2-7H2,1H3. The lowest BCUT2D eigenvalue weighted by Gasteiger charge is -2.30. The zero-order chi connectivity index (χ0) is 17.6. The minimum Gasteiger partial charge on any atom is -0.334 e. The molecule has 2 fully saturated rings. The summed E-state index contributed by atoms with van der Waals surface area (Å²) >= 11 is 14.9. The molecule has 1 amide bonds. The van der Waals surface area contributed by atoms with Crippen molar-refractivity contribution in [2.75, 3.05) is 11.4 Å². The normalized spacial score (nSPS) is 24.4. The van der Waals surface area contributed by atoms with Gasteiger partial charge in [-0.1, -0.05) is 66.6 Å². The third-order valence-corrected chi connectivity index (χ3v) is 7.85. The predicted octanol–water partition coefficient (Wildman–Crippen LogP) is 5.63. The summed E-state index contributed by atoms with van der Waals surface area (Å²) in [6.07, 6.45) is 5.77. The van der Waals surface area contributed by atoms with Gasteiger partial charge in [-0.3, -0.25) is 9.69 Å². The van der Waals surface area contributed by atoms with Crippen LogP contribution in [0.1, 0.15) is 39.0 Å². The highest BCUT2D eigenvalue weighted by Gasteiger charge is 2.41. The number of nitrogens with zero attached hydrogens (tertiary/aromatic N) is 2. The summed E-state index contributed by atoms with van der Waals surface area (Å²) in [5.74, 6) is 0.0850. The number of fused-ring (bicyclic) bond motifs is 1. The Kier molecular flexibility index (Phi) is 5.06. The molecule has 0 atom stereocenters. The number of benzene rings is 1. The van der Waals surface area contributed by atoms with E-state index in [0.29, 0.717) is 9.34 Å². The minimum atomic E-state index is 0.0850. The molecule has 7 heteroatoms. The van der Waals surface area contributed by atoms with Crippen molar-refractivity contribution in [3.63, 3.8) is 0 Å². The maximum Gasteiger partial charge on any atom is 0.269 e. The Balaban J connectivity index is 1.69. The van der Waals surface area contributed by atoms with E-state index in [2.05, 4.69) is 11.8 Å². The lowest BCUT2D eigenvalue weighted by molar-refractivity contribution is -0.124. The summed E-state index contributed by atoms with van der Waals surface area (Å²) in [6.45, 7) is 2.89. The number of carbonyl (C=O) groups excluding carboxylic acids is 1. The van der Waals surface area contributed by atoms with Crippen LogP contribution >= 0.6 is 47.3 Å². The van der Waals surface area contributed by atoms with Crippen molar-refractivity contribution in [2.45, 2.75) is 50.0 Å². The molecule has 1 aromatic rings. The van der Waals surface area contributed by atoms with Crippen LogP contribution < -0.4 is 4.90 Å². The van der Waals surface area contributed by atoms with Gasteiger partial charge < -0.3 is 4.90 Å². The Morgan fingerprint density at radius 3 is 2.72 bits per heavy atom. The monoisotopic (exact) mass is 410 g/mol. The molecule has 3 nitrogen and oxygen atoms in total. The molecule has 0 unspecified atom stereocenters. The van der Waals surface area contributed by atoms with Crippen LogP contribution in [0.4, 0.5) is 5.69 Å². The van der Waals surface area contributed by atoms with Crippen molar-refractivity contribution >= 4 is 63.3 Å². The molecule has 3 aliphatic rings. The second kappa shape index (κ2) is 7.14. The third-order valence-electron chi connectivity index (χ3n) is 4.91. The van der Waals surface area contributed by atoms with Crippen LogP contribution in [-0.2, 0) is 4.79 Å². The first-order valence-electron chi connectivity index (χ1n) is 8.64. The number of hydrogen-bond donors (Lipinski definition) is 0. The molecule has 0 bridgehead atoms. The van der Waals surface area contributed by atoms with Crippen molar-refractivity contribution in [1.29, 1.82) is 0 Å². The maximum absolute atomic E-state index is 13.2. The van der Waals surface area contributed by atoms with E-state index in [1.807, 2.05) is 23.1 Å². The number of carbonyl (C=O) groups is 1. The Morgan fingerprint density at radius 2 is 2.00 bits per heavy atom. The lowest BCUT2D eigenvalue weighted by Crippen LogP contribution is -2.40. The number of anilines is 1. The highest BCUT2D eigenvalue weighted by Crippen LogP contribution is 2.51. The Morgan fingerprint density at radius 1 is 1.24 bits per heavy atom. The molecular weight excluding hydrogens is 392 g/mol. The molecule has 2 aliphatic heterocycles. The quantitative estimate of drug-likeness (QED) is 0.464. The van der Waals surface area contributed by atoms with Gasteiger partial charge in [0.25, 0.3) is 5.91 Å². The molecule has 0 N–H and O–H groups in total. The SMILES string of the molecule is CCN1C(=C2SC(=S)N(C3CCCCC3)C2=O)Sc2ccc(Cl)cc21. The fourth-order valence-corrected chi connectivity index (χ4v) is 6.62. The predicted molar refractivity (Wildman–Crippen MR) is 111 cm³/mol. The van der Waals surface area contributed by atoms with Gasteiger partial charge in [0.1, 0.15) is 14.3 Å². The average molecular weight is 411 g/mol. The van der Waals surface area contributed by atoms with E-state index in [9.17, 15) is 4.79 Å². The van der Waals surface area contributed by atoms with Gasteiger partial charge in [-0.25, -0.2) is 0 Å². The number of hydrogen-bond acceptors (Lipinski definition) is 5. The van der Waals surface area contributed by atoms with Gasteiger partial charge in [0, 0.05) is 22.5 Å². The van der Waals surface area contributed by atoms with E-state index in [1.165, 1.54) is 31.0 Å². The van der Waals surface area contributed by atoms with Crippen LogP contribution in [0.3, 0.4) is 0 Å². The summed E-state index contributed by atoms with van der Waals surface area (Å²) in [7, 11) is 0. The van der Waals surface area contributed by atoms with Crippen molar-refractivity contribution in [1.82, 2.24) is 4.90 Å². The Hall–Kier alpha value is -0.690. The molecule has 1 aliphatic carbocycles. The summed E-state index contributed by atoms with van der Waals surface area (Å²) in [5.41, 5.74) is 1.08. The van der Waals surface area contributed by atoms with E-state index in [0.717, 1.165) is 39.9 Å². The van der Waals surface area contributed by atoms with Crippen LogP contribution in [-0.4, -0.2) is 27.7 Å². The third kappa shape index (κ3) is 3.11. The fourth-order valence-electron chi connectivity index (χ4n) is 3.70. The van der Waals surface area contributed by atoms with Gasteiger partial charge in [-0.05, 0) is 38.0 Å². The molecule has 0 spiro atoms. The van der Waals surface area contributed by atoms with E-state index < -0.39 is 0 Å². The summed E-state index contributed by atoms with van der Waals surface area (Å²) in [4.78, 5) is 19.2. The number of rotatable bonds is 2. The van der Waals surface area contributed by atoms with Crippen LogP contribution in [0, 0.1) is 0 Å². The average Bonchev–Trinajstić information content (AvgIpc) is 3.11. The van der Waals surface area contributed by atoms with Crippen LogP contribution in [0.25, 0.3) is 0 Å². The van der Waals surface area contributed by atoms with E-state index in [1.54, 1.807) is 11.8 Å². The molecule has 132 valence electrons. The molecule has 25 heavy (non-hydrogen) atoms. The molecule has 0 radical (unpaired) electrons. The van der Waals surface area contributed by atoms with Gasteiger partial charge in [0.05, 0.1) is 5.69 Å². The molecule has 1 saturated heterocycles. The van der Waals surface area contributed by atoms with Gasteiger partial charge >= 0.3 is 0 Å².